The number of carbonyl (C=O) groups is 1. The maximum atomic E-state index is 12.9. The number of benzene rings is 1. The normalized spacial score (nSPS) is 14.6. The molecule has 6 nitrogen and oxygen atoms in total. The van der Waals surface area contributed by atoms with E-state index in [-0.39, 0.29) is 6.54 Å². The fourth-order valence-electron chi connectivity index (χ4n) is 3.59. The number of aryl methyl sites for hydroxylation is 1. The van der Waals surface area contributed by atoms with Crippen molar-refractivity contribution in [3.05, 3.63) is 65.0 Å². The molecule has 0 aliphatic carbocycles. The largest absolute Gasteiger partial charge is 0.416 e. The lowest BCUT2D eigenvalue weighted by atomic mass is 10.1. The molecule has 0 unspecified atom stereocenters. The van der Waals surface area contributed by atoms with E-state index in [1.165, 1.54) is 6.07 Å². The summed E-state index contributed by atoms with van der Waals surface area (Å²) in [5, 5.41) is 3.45. The minimum Gasteiger partial charge on any atom is -0.378 e. The molecule has 1 N–H and O–H groups in total. The average molecular weight is 430 g/mol. The zero-order valence-electron chi connectivity index (χ0n) is 16.9. The van der Waals surface area contributed by atoms with Gasteiger partial charge in [-0.1, -0.05) is 12.1 Å². The van der Waals surface area contributed by atoms with Gasteiger partial charge in [-0.2, -0.15) is 13.2 Å². The van der Waals surface area contributed by atoms with Crippen LogP contribution in [0, 0.1) is 6.92 Å². The van der Waals surface area contributed by atoms with Crippen LogP contribution in [-0.4, -0.2) is 42.2 Å². The van der Waals surface area contributed by atoms with Gasteiger partial charge in [0.2, 0.25) is 0 Å². The monoisotopic (exact) mass is 430 g/mol. The number of amides is 1. The highest BCUT2D eigenvalue weighted by atomic mass is 19.4. The van der Waals surface area contributed by atoms with Gasteiger partial charge in [0, 0.05) is 36.9 Å². The van der Waals surface area contributed by atoms with E-state index in [9.17, 15) is 18.0 Å². The van der Waals surface area contributed by atoms with Gasteiger partial charge in [-0.15, -0.1) is 0 Å². The summed E-state index contributed by atoms with van der Waals surface area (Å²) in [6, 6.07) is 8.54. The Morgan fingerprint density at radius 1 is 1.19 bits per heavy atom. The molecule has 9 heteroatoms. The molecule has 1 aromatic carbocycles. The lowest BCUT2D eigenvalue weighted by Gasteiger charge is -2.29. The topological polar surface area (TPSA) is 67.3 Å². The van der Waals surface area contributed by atoms with Crippen LogP contribution in [0.5, 0.6) is 0 Å². The summed E-state index contributed by atoms with van der Waals surface area (Å²) in [6.07, 6.45) is -2.74. The Balaban J connectivity index is 1.58. The number of carbonyl (C=O) groups excluding carboxylic acids is 1. The summed E-state index contributed by atoms with van der Waals surface area (Å²) in [5.41, 5.74) is 1.94. The molecule has 0 atom stereocenters. The molecule has 3 aromatic rings. The van der Waals surface area contributed by atoms with E-state index in [1.54, 1.807) is 25.3 Å². The van der Waals surface area contributed by atoms with Crippen LogP contribution >= 0.6 is 0 Å². The molecule has 31 heavy (non-hydrogen) atoms. The quantitative estimate of drug-likeness (QED) is 0.683. The molecule has 2 aromatic heterocycles. The predicted molar refractivity (Wildman–Crippen MR) is 110 cm³/mol. The van der Waals surface area contributed by atoms with Crippen LogP contribution in [0.4, 0.5) is 18.9 Å². The first-order valence-corrected chi connectivity index (χ1v) is 9.86. The van der Waals surface area contributed by atoms with Gasteiger partial charge in [-0.05, 0) is 36.8 Å². The third kappa shape index (κ3) is 4.61. The van der Waals surface area contributed by atoms with E-state index in [0.29, 0.717) is 35.7 Å². The first-order chi connectivity index (χ1) is 14.8. The second-order valence-electron chi connectivity index (χ2n) is 7.30. The second kappa shape index (κ2) is 8.50. The van der Waals surface area contributed by atoms with Crippen molar-refractivity contribution in [3.63, 3.8) is 0 Å². The number of fused-ring (bicyclic) bond motifs is 1. The van der Waals surface area contributed by atoms with E-state index < -0.39 is 17.6 Å². The Bertz CT molecular complexity index is 1110. The summed E-state index contributed by atoms with van der Waals surface area (Å²) in [6.45, 7) is 4.38. The predicted octanol–water partition coefficient (Wildman–Crippen LogP) is 3.72. The smallest absolute Gasteiger partial charge is 0.378 e. The Labute approximate surface area is 177 Å². The number of rotatable bonds is 4. The van der Waals surface area contributed by atoms with Gasteiger partial charge in [0.25, 0.3) is 5.91 Å². The molecular weight excluding hydrogens is 409 g/mol. The molecule has 1 fully saturated rings. The number of nitrogens with zero attached hydrogens (tertiary/aromatic N) is 3. The highest BCUT2D eigenvalue weighted by Gasteiger charge is 2.30. The zero-order chi connectivity index (χ0) is 22.0. The van der Waals surface area contributed by atoms with Crippen molar-refractivity contribution < 1.29 is 22.7 Å². The summed E-state index contributed by atoms with van der Waals surface area (Å²) in [4.78, 5) is 23.8. The highest BCUT2D eigenvalue weighted by Crippen LogP contribution is 2.30. The van der Waals surface area contributed by atoms with Crippen molar-refractivity contribution in [2.75, 3.05) is 31.2 Å². The summed E-state index contributed by atoms with van der Waals surface area (Å²) in [7, 11) is 0. The van der Waals surface area contributed by atoms with Gasteiger partial charge in [0.05, 0.1) is 30.0 Å². The van der Waals surface area contributed by atoms with Crippen LogP contribution in [0.3, 0.4) is 0 Å². The fourth-order valence-corrected chi connectivity index (χ4v) is 3.59. The van der Waals surface area contributed by atoms with Gasteiger partial charge in [0.15, 0.2) is 5.65 Å². The first-order valence-electron chi connectivity index (χ1n) is 9.86. The lowest BCUT2D eigenvalue weighted by molar-refractivity contribution is -0.137. The molecule has 1 amide bonds. The van der Waals surface area contributed by atoms with Crippen LogP contribution < -0.4 is 10.2 Å². The Kier molecular flexibility index (Phi) is 5.77. The summed E-state index contributed by atoms with van der Waals surface area (Å²) >= 11 is 0. The molecule has 162 valence electrons. The van der Waals surface area contributed by atoms with Crippen molar-refractivity contribution in [1.82, 2.24) is 15.3 Å². The third-order valence-corrected chi connectivity index (χ3v) is 5.20. The van der Waals surface area contributed by atoms with Crippen LogP contribution in [0.1, 0.15) is 27.2 Å². The number of halogens is 3. The van der Waals surface area contributed by atoms with E-state index in [2.05, 4.69) is 20.2 Å². The van der Waals surface area contributed by atoms with Gasteiger partial charge in [-0.3, -0.25) is 4.79 Å². The second-order valence-corrected chi connectivity index (χ2v) is 7.30. The molecule has 1 aliphatic rings. The van der Waals surface area contributed by atoms with E-state index in [4.69, 9.17) is 4.74 Å². The third-order valence-electron chi connectivity index (χ3n) is 5.20. The molecule has 3 heterocycles. The molecule has 0 bridgehead atoms. The Hall–Kier alpha value is -3.20. The number of alkyl halides is 3. The molecule has 0 saturated carbocycles. The minimum atomic E-state index is -4.43. The number of morpholine rings is 1. The number of anilines is 1. The number of aromatic nitrogens is 2. The van der Waals surface area contributed by atoms with Crippen molar-refractivity contribution >= 4 is 22.6 Å². The molecule has 4 rings (SSSR count). The minimum absolute atomic E-state index is 0.0242. The molecule has 1 aliphatic heterocycles. The van der Waals surface area contributed by atoms with Crippen LogP contribution in [-0.2, 0) is 17.5 Å². The summed E-state index contributed by atoms with van der Waals surface area (Å²) < 4.78 is 44.1. The van der Waals surface area contributed by atoms with Crippen LogP contribution in [0.15, 0.2) is 42.6 Å². The highest BCUT2D eigenvalue weighted by molar-refractivity contribution is 6.00. The molecule has 0 spiro atoms. The molecular formula is C22H21F3N4O2. The van der Waals surface area contributed by atoms with E-state index >= 15 is 0 Å². The SMILES string of the molecule is Cc1nc2nccc(N3CCOCC3)c2cc1C(=O)NCc1cccc(C(F)(F)F)c1. The van der Waals surface area contributed by atoms with E-state index in [0.717, 1.165) is 36.3 Å². The van der Waals surface area contributed by atoms with Gasteiger partial charge < -0.3 is 15.0 Å². The number of hydrogen-bond donors (Lipinski definition) is 1. The maximum Gasteiger partial charge on any atom is 0.416 e. The van der Waals surface area contributed by atoms with Crippen molar-refractivity contribution in [2.24, 2.45) is 0 Å². The summed E-state index contributed by atoms with van der Waals surface area (Å²) in [5.74, 6) is -0.402. The molecule has 1 saturated heterocycles. The fraction of sp³-hybridized carbons (Fsp3) is 0.318. The average Bonchev–Trinajstić information content (AvgIpc) is 2.76. The number of nitrogens with one attached hydrogen (secondary N) is 1. The first kappa shape index (κ1) is 21.0. The number of ether oxygens (including phenoxy) is 1. The number of pyridine rings is 2. The zero-order valence-corrected chi connectivity index (χ0v) is 16.9. The lowest BCUT2D eigenvalue weighted by Crippen LogP contribution is -2.36. The van der Waals surface area contributed by atoms with Gasteiger partial charge in [0.1, 0.15) is 0 Å². The van der Waals surface area contributed by atoms with Crippen molar-refractivity contribution in [1.29, 1.82) is 0 Å². The van der Waals surface area contributed by atoms with E-state index in [1.807, 2.05) is 6.07 Å². The Morgan fingerprint density at radius 2 is 1.97 bits per heavy atom. The van der Waals surface area contributed by atoms with Crippen LogP contribution in [0.2, 0.25) is 0 Å². The number of hydrogen-bond acceptors (Lipinski definition) is 5. The van der Waals surface area contributed by atoms with Gasteiger partial charge >= 0.3 is 6.18 Å². The van der Waals surface area contributed by atoms with Crippen LogP contribution in [0.25, 0.3) is 11.0 Å². The maximum absolute atomic E-state index is 12.9. The van der Waals surface area contributed by atoms with Crippen molar-refractivity contribution in [3.8, 4) is 0 Å². The van der Waals surface area contributed by atoms with Gasteiger partial charge in [-0.25, -0.2) is 9.97 Å². The standard InChI is InChI=1S/C22H21F3N4O2/c1-14-17(21(30)27-13-15-3-2-4-16(11-15)22(23,24)25)12-18-19(5-6-26-20(18)28-14)29-7-9-31-10-8-29/h2-6,11-12H,7-10,13H2,1H3,(H,27,30). The Morgan fingerprint density at radius 3 is 2.71 bits per heavy atom. The van der Waals surface area contributed by atoms with Crippen molar-refractivity contribution in [2.45, 2.75) is 19.6 Å². The molecule has 0 radical (unpaired) electrons.